The lowest BCUT2D eigenvalue weighted by molar-refractivity contribution is -0.115. The molecule has 0 spiro atoms. The molecule has 0 amide bonds. The van der Waals surface area contributed by atoms with Crippen molar-refractivity contribution in [1.82, 2.24) is 0 Å². The Morgan fingerprint density at radius 2 is 1.87 bits per heavy atom. The summed E-state index contributed by atoms with van der Waals surface area (Å²) < 4.78 is 0. The fourth-order valence-electron chi connectivity index (χ4n) is 2.14. The van der Waals surface area contributed by atoms with E-state index in [0.29, 0.717) is 5.78 Å². The van der Waals surface area contributed by atoms with Gasteiger partial charge < -0.3 is 0 Å². The number of allylic oxidation sites excluding steroid dienone is 2. The van der Waals surface area contributed by atoms with Gasteiger partial charge in [0.25, 0.3) is 0 Å². The number of carbonyl (C=O) groups is 1. The van der Waals surface area contributed by atoms with Gasteiger partial charge in [-0.2, -0.15) is 0 Å². The highest BCUT2D eigenvalue weighted by molar-refractivity contribution is 5.95. The van der Waals surface area contributed by atoms with E-state index in [2.05, 4.69) is 13.0 Å². The maximum Gasteiger partial charge on any atom is 0.158 e. The molecule has 0 saturated heterocycles. The quantitative estimate of drug-likeness (QED) is 0.371. The Morgan fingerprint density at radius 3 is 2.67 bits per heavy atom. The van der Waals surface area contributed by atoms with Gasteiger partial charge in [-0.25, -0.2) is 0 Å². The van der Waals surface area contributed by atoms with Crippen LogP contribution >= 0.6 is 0 Å². The van der Waals surface area contributed by atoms with Crippen molar-refractivity contribution in [1.29, 1.82) is 0 Å². The van der Waals surface area contributed by atoms with Crippen LogP contribution in [-0.4, -0.2) is 5.78 Å². The fourth-order valence-corrected chi connectivity index (χ4v) is 2.14. The predicted octanol–water partition coefficient (Wildman–Crippen LogP) is 4.42. The number of hydrogen-bond donors (Lipinski definition) is 0. The average Bonchev–Trinajstić information content (AvgIpc) is 2.44. The molecule has 1 nitrogen and oxygen atoms in total. The van der Waals surface area contributed by atoms with E-state index in [1.54, 1.807) is 0 Å². The first-order valence-corrected chi connectivity index (χ1v) is 6.57. The van der Waals surface area contributed by atoms with Crippen molar-refractivity contribution in [2.24, 2.45) is 0 Å². The molecule has 0 atom stereocenters. The normalized spacial score (nSPS) is 20.6. The van der Waals surface area contributed by atoms with Gasteiger partial charge in [-0.3, -0.25) is 4.79 Å². The second kappa shape index (κ2) is 7.67. The summed E-state index contributed by atoms with van der Waals surface area (Å²) in [7, 11) is 0. The Kier molecular flexibility index (Phi) is 6.38. The molecule has 86 valence electrons. The standard InChI is InChI=1S/C14H24O/c1-2-3-4-5-7-10-13-11-8-6-9-12-14(13)15/h10H,2-9,11-12H2,1H3/b13-10+. The molecule has 1 aliphatic rings. The number of rotatable bonds is 5. The van der Waals surface area contributed by atoms with Gasteiger partial charge in [0.2, 0.25) is 0 Å². The van der Waals surface area contributed by atoms with Crippen molar-refractivity contribution in [3.8, 4) is 0 Å². The van der Waals surface area contributed by atoms with E-state index in [1.807, 2.05) is 0 Å². The minimum atomic E-state index is 0.419. The van der Waals surface area contributed by atoms with Gasteiger partial charge in [-0.15, -0.1) is 0 Å². The number of carbonyl (C=O) groups excluding carboxylic acids is 1. The second-order valence-corrected chi connectivity index (χ2v) is 4.56. The first-order chi connectivity index (χ1) is 7.34. The molecule has 0 radical (unpaired) electrons. The molecule has 1 aliphatic carbocycles. The molecule has 0 aromatic heterocycles. The van der Waals surface area contributed by atoms with Gasteiger partial charge >= 0.3 is 0 Å². The molecule has 0 heterocycles. The van der Waals surface area contributed by atoms with Crippen LogP contribution in [0, 0.1) is 0 Å². The van der Waals surface area contributed by atoms with E-state index in [0.717, 1.165) is 31.3 Å². The maximum atomic E-state index is 11.7. The Labute approximate surface area is 93.9 Å². The van der Waals surface area contributed by atoms with E-state index in [-0.39, 0.29) is 0 Å². The Morgan fingerprint density at radius 1 is 1.07 bits per heavy atom. The Balaban J connectivity index is 2.26. The molecule has 0 aromatic carbocycles. The molecular weight excluding hydrogens is 184 g/mol. The van der Waals surface area contributed by atoms with Crippen LogP contribution < -0.4 is 0 Å². The van der Waals surface area contributed by atoms with Gasteiger partial charge in [-0.1, -0.05) is 38.7 Å². The zero-order valence-corrected chi connectivity index (χ0v) is 10.1. The largest absolute Gasteiger partial charge is 0.295 e. The molecule has 0 N–H and O–H groups in total. The van der Waals surface area contributed by atoms with Gasteiger partial charge in [0.05, 0.1) is 0 Å². The van der Waals surface area contributed by atoms with E-state index in [1.165, 1.54) is 38.5 Å². The molecule has 15 heavy (non-hydrogen) atoms. The molecule has 1 saturated carbocycles. The Bertz CT molecular complexity index is 215. The van der Waals surface area contributed by atoms with Crippen LogP contribution in [0.5, 0.6) is 0 Å². The summed E-state index contributed by atoms with van der Waals surface area (Å²) in [6.45, 7) is 2.23. The minimum absolute atomic E-state index is 0.419. The molecule has 1 heteroatoms. The van der Waals surface area contributed by atoms with Crippen LogP contribution in [0.4, 0.5) is 0 Å². The highest BCUT2D eigenvalue weighted by atomic mass is 16.1. The number of Topliss-reactive ketones (excluding diaryl/α,β-unsaturated/α-hetero) is 1. The molecule has 0 bridgehead atoms. The van der Waals surface area contributed by atoms with E-state index in [9.17, 15) is 4.79 Å². The van der Waals surface area contributed by atoms with Crippen molar-refractivity contribution in [2.75, 3.05) is 0 Å². The van der Waals surface area contributed by atoms with Gasteiger partial charge in [0.15, 0.2) is 5.78 Å². The highest BCUT2D eigenvalue weighted by Crippen LogP contribution is 2.20. The lowest BCUT2D eigenvalue weighted by Crippen LogP contribution is -1.99. The summed E-state index contributed by atoms with van der Waals surface area (Å²) >= 11 is 0. The number of ketones is 1. The van der Waals surface area contributed by atoms with Crippen molar-refractivity contribution in [3.63, 3.8) is 0 Å². The zero-order chi connectivity index (χ0) is 10.9. The van der Waals surface area contributed by atoms with E-state index in [4.69, 9.17) is 0 Å². The number of unbranched alkanes of at least 4 members (excludes halogenated alkanes) is 4. The third-order valence-electron chi connectivity index (χ3n) is 3.16. The second-order valence-electron chi connectivity index (χ2n) is 4.56. The zero-order valence-electron chi connectivity index (χ0n) is 10.1. The van der Waals surface area contributed by atoms with Crippen LogP contribution in [0.15, 0.2) is 11.6 Å². The van der Waals surface area contributed by atoms with E-state index >= 15 is 0 Å². The monoisotopic (exact) mass is 208 g/mol. The lowest BCUT2D eigenvalue weighted by Gasteiger charge is -2.01. The van der Waals surface area contributed by atoms with Crippen LogP contribution in [0.3, 0.4) is 0 Å². The van der Waals surface area contributed by atoms with Crippen molar-refractivity contribution in [3.05, 3.63) is 11.6 Å². The van der Waals surface area contributed by atoms with Crippen LogP contribution in [0.2, 0.25) is 0 Å². The molecule has 1 fully saturated rings. The molecule has 0 aliphatic heterocycles. The first kappa shape index (κ1) is 12.5. The molecule has 1 rings (SSSR count). The summed E-state index contributed by atoms with van der Waals surface area (Å²) in [5.41, 5.74) is 1.13. The van der Waals surface area contributed by atoms with Gasteiger partial charge in [-0.05, 0) is 37.7 Å². The minimum Gasteiger partial charge on any atom is -0.295 e. The SMILES string of the molecule is CCCCCC/C=C1\CCCCCC1=O. The molecule has 0 aromatic rings. The predicted molar refractivity (Wildman–Crippen MR) is 64.9 cm³/mol. The van der Waals surface area contributed by atoms with E-state index < -0.39 is 0 Å². The summed E-state index contributed by atoms with van der Waals surface area (Å²) in [5.74, 6) is 0.419. The molecular formula is C14H24O. The highest BCUT2D eigenvalue weighted by Gasteiger charge is 2.12. The van der Waals surface area contributed by atoms with Crippen LogP contribution in [0.25, 0.3) is 0 Å². The topological polar surface area (TPSA) is 17.1 Å². The average molecular weight is 208 g/mol. The summed E-state index contributed by atoms with van der Waals surface area (Å²) in [5, 5.41) is 0. The number of hydrogen-bond acceptors (Lipinski definition) is 1. The maximum absolute atomic E-state index is 11.7. The van der Waals surface area contributed by atoms with Crippen molar-refractivity contribution < 1.29 is 4.79 Å². The van der Waals surface area contributed by atoms with Crippen molar-refractivity contribution in [2.45, 2.75) is 71.1 Å². The van der Waals surface area contributed by atoms with Crippen LogP contribution in [-0.2, 0) is 4.79 Å². The summed E-state index contributed by atoms with van der Waals surface area (Å²) in [6, 6.07) is 0. The summed E-state index contributed by atoms with van der Waals surface area (Å²) in [6.07, 6.45) is 13.9. The lowest BCUT2D eigenvalue weighted by atomic mass is 10.0. The van der Waals surface area contributed by atoms with Crippen LogP contribution in [0.1, 0.15) is 71.1 Å². The molecule has 0 unspecified atom stereocenters. The van der Waals surface area contributed by atoms with Crippen molar-refractivity contribution >= 4 is 5.78 Å². The third-order valence-corrected chi connectivity index (χ3v) is 3.16. The van der Waals surface area contributed by atoms with Gasteiger partial charge in [0.1, 0.15) is 0 Å². The van der Waals surface area contributed by atoms with Gasteiger partial charge in [0, 0.05) is 6.42 Å². The fraction of sp³-hybridized carbons (Fsp3) is 0.786. The first-order valence-electron chi connectivity index (χ1n) is 6.57. The Hall–Kier alpha value is -0.590. The third kappa shape index (κ3) is 5.15. The smallest absolute Gasteiger partial charge is 0.158 e. The summed E-state index contributed by atoms with van der Waals surface area (Å²) in [4.78, 5) is 11.7.